The molecule has 1 saturated heterocycles. The Hall–Kier alpha value is -2.34. The molecule has 0 aliphatic carbocycles. The summed E-state index contributed by atoms with van der Waals surface area (Å²) in [7, 11) is 0. The standard InChI is InChI=1S/C18H21ClN4O2/c1-13-9-15(3-4-16(13)19)25-11-18(24)23-7-5-22(6-8-23)17-10-14(2)20-12-21-17/h3-4,9-10,12H,5-8,11H2,1-2H3. The summed E-state index contributed by atoms with van der Waals surface area (Å²) in [6.07, 6.45) is 1.57. The van der Waals surface area contributed by atoms with Crippen molar-refractivity contribution < 1.29 is 9.53 Å². The molecule has 0 saturated carbocycles. The lowest BCUT2D eigenvalue weighted by molar-refractivity contribution is -0.133. The van der Waals surface area contributed by atoms with Crippen molar-refractivity contribution in [3.63, 3.8) is 0 Å². The van der Waals surface area contributed by atoms with Crippen LogP contribution in [-0.4, -0.2) is 53.6 Å². The maximum atomic E-state index is 12.4. The minimum Gasteiger partial charge on any atom is -0.484 e. The number of aromatic nitrogens is 2. The summed E-state index contributed by atoms with van der Waals surface area (Å²) in [5.41, 5.74) is 1.87. The minimum absolute atomic E-state index is 0.00822. The van der Waals surface area contributed by atoms with E-state index in [1.165, 1.54) is 0 Å². The van der Waals surface area contributed by atoms with E-state index >= 15 is 0 Å². The number of carbonyl (C=O) groups excluding carboxylic acids is 1. The van der Waals surface area contributed by atoms with Crippen LogP contribution in [0.3, 0.4) is 0 Å². The maximum absolute atomic E-state index is 12.4. The lowest BCUT2D eigenvalue weighted by atomic mass is 10.2. The lowest BCUT2D eigenvalue weighted by Gasteiger charge is -2.35. The van der Waals surface area contributed by atoms with Crippen LogP contribution in [0.4, 0.5) is 5.82 Å². The minimum atomic E-state index is -0.00822. The van der Waals surface area contributed by atoms with Gasteiger partial charge in [-0.3, -0.25) is 4.79 Å². The topological polar surface area (TPSA) is 58.6 Å². The number of ether oxygens (including phenoxy) is 1. The normalized spacial score (nSPS) is 14.5. The first-order chi connectivity index (χ1) is 12.0. The van der Waals surface area contributed by atoms with Crippen LogP contribution in [0.5, 0.6) is 5.75 Å². The largest absolute Gasteiger partial charge is 0.484 e. The summed E-state index contributed by atoms with van der Waals surface area (Å²) < 4.78 is 5.60. The molecule has 0 unspecified atom stereocenters. The van der Waals surface area contributed by atoms with Gasteiger partial charge in [0.25, 0.3) is 5.91 Å². The van der Waals surface area contributed by atoms with E-state index in [1.54, 1.807) is 18.5 Å². The molecule has 1 aliphatic rings. The zero-order valence-electron chi connectivity index (χ0n) is 14.4. The van der Waals surface area contributed by atoms with Crippen LogP contribution in [0.25, 0.3) is 0 Å². The predicted molar refractivity (Wildman–Crippen MR) is 97.2 cm³/mol. The molecule has 25 heavy (non-hydrogen) atoms. The van der Waals surface area contributed by atoms with Crippen molar-refractivity contribution in [2.24, 2.45) is 0 Å². The van der Waals surface area contributed by atoms with Crippen LogP contribution >= 0.6 is 11.6 Å². The second kappa shape index (κ2) is 7.70. The van der Waals surface area contributed by atoms with Gasteiger partial charge in [0.2, 0.25) is 0 Å². The van der Waals surface area contributed by atoms with Crippen LogP contribution in [0.15, 0.2) is 30.6 Å². The number of piperazine rings is 1. The van der Waals surface area contributed by atoms with Crippen molar-refractivity contribution in [1.82, 2.24) is 14.9 Å². The number of benzene rings is 1. The predicted octanol–water partition coefficient (Wildman–Crippen LogP) is 2.47. The molecule has 1 aromatic carbocycles. The second-order valence-electron chi connectivity index (χ2n) is 6.09. The molecule has 6 nitrogen and oxygen atoms in total. The second-order valence-corrected chi connectivity index (χ2v) is 6.49. The van der Waals surface area contributed by atoms with E-state index in [1.807, 2.05) is 30.9 Å². The fourth-order valence-electron chi connectivity index (χ4n) is 2.74. The Morgan fingerprint density at radius 2 is 1.92 bits per heavy atom. The summed E-state index contributed by atoms with van der Waals surface area (Å²) >= 11 is 5.99. The van der Waals surface area contributed by atoms with Crippen molar-refractivity contribution in [2.45, 2.75) is 13.8 Å². The van der Waals surface area contributed by atoms with Gasteiger partial charge in [0.15, 0.2) is 6.61 Å². The first-order valence-corrected chi connectivity index (χ1v) is 8.61. The Balaban J connectivity index is 1.50. The van der Waals surface area contributed by atoms with Gasteiger partial charge in [-0.15, -0.1) is 0 Å². The van der Waals surface area contributed by atoms with Crippen molar-refractivity contribution in [2.75, 3.05) is 37.7 Å². The smallest absolute Gasteiger partial charge is 0.260 e. The zero-order chi connectivity index (χ0) is 17.8. The quantitative estimate of drug-likeness (QED) is 0.838. The molecule has 3 rings (SSSR count). The van der Waals surface area contributed by atoms with E-state index in [-0.39, 0.29) is 12.5 Å². The third-order valence-corrected chi connectivity index (χ3v) is 4.66. The first kappa shape index (κ1) is 17.5. The zero-order valence-corrected chi connectivity index (χ0v) is 15.2. The Bertz CT molecular complexity index is 760. The number of amides is 1. The van der Waals surface area contributed by atoms with Gasteiger partial charge >= 0.3 is 0 Å². The molecule has 132 valence electrons. The van der Waals surface area contributed by atoms with Crippen LogP contribution in [0.1, 0.15) is 11.3 Å². The van der Waals surface area contributed by atoms with Gasteiger partial charge in [-0.1, -0.05) is 11.6 Å². The van der Waals surface area contributed by atoms with Crippen molar-refractivity contribution >= 4 is 23.3 Å². The number of rotatable bonds is 4. The van der Waals surface area contributed by atoms with Crippen LogP contribution in [-0.2, 0) is 4.79 Å². The molecular formula is C18H21ClN4O2. The Morgan fingerprint density at radius 3 is 2.60 bits per heavy atom. The number of nitrogens with zero attached hydrogens (tertiary/aromatic N) is 4. The van der Waals surface area contributed by atoms with Crippen molar-refractivity contribution in [3.05, 3.63) is 46.9 Å². The van der Waals surface area contributed by atoms with Gasteiger partial charge in [-0.25, -0.2) is 9.97 Å². The van der Waals surface area contributed by atoms with Crippen LogP contribution in [0.2, 0.25) is 5.02 Å². The fourth-order valence-corrected chi connectivity index (χ4v) is 2.86. The molecule has 0 spiro atoms. The number of anilines is 1. The molecule has 1 aromatic heterocycles. The summed E-state index contributed by atoms with van der Waals surface area (Å²) in [5.74, 6) is 1.56. The number of hydrogen-bond acceptors (Lipinski definition) is 5. The SMILES string of the molecule is Cc1cc(N2CCN(C(=O)COc3ccc(Cl)c(C)c3)CC2)ncn1. The molecule has 1 fully saturated rings. The first-order valence-electron chi connectivity index (χ1n) is 8.23. The molecule has 7 heteroatoms. The number of aryl methyl sites for hydroxylation is 2. The Morgan fingerprint density at radius 1 is 1.16 bits per heavy atom. The maximum Gasteiger partial charge on any atom is 0.260 e. The van der Waals surface area contributed by atoms with E-state index in [4.69, 9.17) is 16.3 Å². The highest BCUT2D eigenvalue weighted by atomic mass is 35.5. The van der Waals surface area contributed by atoms with Crippen LogP contribution in [0, 0.1) is 13.8 Å². The van der Waals surface area contributed by atoms with E-state index in [0.29, 0.717) is 23.9 Å². The Kier molecular flexibility index (Phi) is 5.38. The summed E-state index contributed by atoms with van der Waals surface area (Å²) in [5, 5.41) is 0.690. The van der Waals surface area contributed by atoms with Crippen LogP contribution < -0.4 is 9.64 Å². The summed E-state index contributed by atoms with van der Waals surface area (Å²) in [6.45, 7) is 6.71. The highest BCUT2D eigenvalue weighted by Gasteiger charge is 2.22. The Labute approximate surface area is 152 Å². The van der Waals surface area contributed by atoms with E-state index in [2.05, 4.69) is 14.9 Å². The van der Waals surface area contributed by atoms with Crippen molar-refractivity contribution in [3.8, 4) is 5.75 Å². The monoisotopic (exact) mass is 360 g/mol. The van der Waals surface area contributed by atoms with Gasteiger partial charge in [0.1, 0.15) is 17.9 Å². The molecule has 2 heterocycles. The average Bonchev–Trinajstić information content (AvgIpc) is 2.62. The van der Waals surface area contributed by atoms with Gasteiger partial charge in [0.05, 0.1) is 0 Å². The third-order valence-electron chi connectivity index (χ3n) is 4.24. The van der Waals surface area contributed by atoms with Gasteiger partial charge < -0.3 is 14.5 Å². The molecule has 1 aliphatic heterocycles. The molecule has 2 aromatic rings. The van der Waals surface area contributed by atoms with E-state index in [9.17, 15) is 4.79 Å². The molecular weight excluding hydrogens is 340 g/mol. The summed E-state index contributed by atoms with van der Waals surface area (Å²) in [6, 6.07) is 7.35. The molecule has 1 amide bonds. The average molecular weight is 361 g/mol. The molecule has 0 atom stereocenters. The highest BCUT2D eigenvalue weighted by Crippen LogP contribution is 2.21. The number of halogens is 1. The number of carbonyl (C=O) groups is 1. The van der Waals surface area contributed by atoms with Gasteiger partial charge in [0, 0.05) is 43.0 Å². The van der Waals surface area contributed by atoms with Gasteiger partial charge in [-0.2, -0.15) is 0 Å². The molecule has 0 radical (unpaired) electrons. The molecule has 0 bridgehead atoms. The highest BCUT2D eigenvalue weighted by molar-refractivity contribution is 6.31. The fraction of sp³-hybridized carbons (Fsp3) is 0.389. The number of hydrogen-bond donors (Lipinski definition) is 0. The lowest BCUT2D eigenvalue weighted by Crippen LogP contribution is -2.50. The van der Waals surface area contributed by atoms with E-state index < -0.39 is 0 Å². The summed E-state index contributed by atoms with van der Waals surface area (Å²) in [4.78, 5) is 24.8. The molecule has 0 N–H and O–H groups in total. The third kappa shape index (κ3) is 4.39. The van der Waals surface area contributed by atoms with Gasteiger partial charge in [-0.05, 0) is 37.6 Å². The van der Waals surface area contributed by atoms with Crippen molar-refractivity contribution in [1.29, 1.82) is 0 Å². The van der Waals surface area contributed by atoms with E-state index in [0.717, 1.165) is 30.2 Å².